The fraction of sp³-hybridized carbons (Fsp3) is 0.333. The fourth-order valence-electron chi connectivity index (χ4n) is 2.87. The molecular weight excluding hydrogens is 377 g/mol. The summed E-state index contributed by atoms with van der Waals surface area (Å²) in [5.74, 6) is 1.57. The maximum absolute atomic E-state index is 13.6. The van der Waals surface area contributed by atoms with Gasteiger partial charge in [-0.3, -0.25) is 0 Å². The summed E-state index contributed by atoms with van der Waals surface area (Å²) in [7, 11) is 0. The van der Waals surface area contributed by atoms with E-state index in [0.29, 0.717) is 22.4 Å². The van der Waals surface area contributed by atoms with Crippen LogP contribution in [0.1, 0.15) is 30.1 Å². The van der Waals surface area contributed by atoms with Crippen molar-refractivity contribution in [3.05, 3.63) is 71.8 Å². The Morgan fingerprint density at radius 1 is 1.14 bits per heavy atom. The van der Waals surface area contributed by atoms with Crippen molar-refractivity contribution in [2.45, 2.75) is 36.6 Å². The molecule has 4 rings (SSSR count). The number of aliphatic hydroxyl groups is 1. The number of thioether (sulfide) groups is 1. The SMILES string of the molecule is O[C@H](COCc1ccccc1F)CSc1nc(C2CC2)n(-c2ccccc2)n1. The molecule has 1 fully saturated rings. The molecule has 0 spiro atoms. The molecule has 1 atom stereocenters. The third-order valence-corrected chi connectivity index (χ3v) is 5.47. The fourth-order valence-corrected chi connectivity index (χ4v) is 3.60. The largest absolute Gasteiger partial charge is 0.390 e. The zero-order chi connectivity index (χ0) is 19.3. The number of rotatable bonds is 9. The zero-order valence-corrected chi connectivity index (χ0v) is 16.2. The van der Waals surface area contributed by atoms with E-state index >= 15 is 0 Å². The van der Waals surface area contributed by atoms with E-state index in [4.69, 9.17) is 4.74 Å². The minimum atomic E-state index is -0.676. The molecule has 0 saturated heterocycles. The Balaban J connectivity index is 1.31. The summed E-state index contributed by atoms with van der Waals surface area (Å²) in [4.78, 5) is 4.67. The first-order valence-corrected chi connectivity index (χ1v) is 10.3. The maximum Gasteiger partial charge on any atom is 0.209 e. The lowest BCUT2D eigenvalue weighted by atomic mass is 10.2. The van der Waals surface area contributed by atoms with Crippen molar-refractivity contribution >= 4 is 11.8 Å². The minimum Gasteiger partial charge on any atom is -0.390 e. The van der Waals surface area contributed by atoms with Crippen LogP contribution in [0.2, 0.25) is 0 Å². The molecule has 0 radical (unpaired) electrons. The molecule has 0 unspecified atom stereocenters. The van der Waals surface area contributed by atoms with Gasteiger partial charge < -0.3 is 9.84 Å². The standard InChI is InChI=1S/C21H22FN3O2S/c22-19-9-5-4-6-16(19)12-27-13-18(26)14-28-21-23-20(15-10-11-15)25(24-21)17-7-2-1-3-8-17/h1-9,15,18,26H,10-14H2/t18-/m1/s1. The van der Waals surface area contributed by atoms with Crippen molar-refractivity contribution in [3.63, 3.8) is 0 Å². The number of halogens is 1. The quantitative estimate of drug-likeness (QED) is 0.552. The molecule has 1 heterocycles. The minimum absolute atomic E-state index is 0.135. The summed E-state index contributed by atoms with van der Waals surface area (Å²) < 4.78 is 20.9. The summed E-state index contributed by atoms with van der Waals surface area (Å²) in [6.45, 7) is 0.275. The highest BCUT2D eigenvalue weighted by Crippen LogP contribution is 2.40. The summed E-state index contributed by atoms with van der Waals surface area (Å²) in [5, 5.41) is 15.4. The van der Waals surface area contributed by atoms with Gasteiger partial charge in [-0.15, -0.1) is 5.10 Å². The van der Waals surface area contributed by atoms with E-state index < -0.39 is 6.10 Å². The lowest BCUT2D eigenvalue weighted by Gasteiger charge is -2.10. The van der Waals surface area contributed by atoms with Crippen LogP contribution < -0.4 is 0 Å². The van der Waals surface area contributed by atoms with Crippen LogP contribution in [0.5, 0.6) is 0 Å². The van der Waals surface area contributed by atoms with E-state index in [1.54, 1.807) is 18.2 Å². The normalized spacial score (nSPS) is 14.9. The molecule has 1 N–H and O–H groups in total. The second-order valence-corrected chi connectivity index (χ2v) is 7.83. The van der Waals surface area contributed by atoms with Crippen LogP contribution in [0, 0.1) is 5.82 Å². The number of aliphatic hydroxyl groups excluding tert-OH is 1. The zero-order valence-electron chi connectivity index (χ0n) is 15.4. The first kappa shape index (κ1) is 19.1. The molecule has 1 aliphatic carbocycles. The van der Waals surface area contributed by atoms with Gasteiger partial charge in [0.05, 0.1) is 25.0 Å². The highest BCUT2D eigenvalue weighted by molar-refractivity contribution is 7.99. The molecule has 1 aromatic heterocycles. The molecule has 1 aliphatic rings. The van der Waals surface area contributed by atoms with Gasteiger partial charge in [0.1, 0.15) is 11.6 Å². The summed E-state index contributed by atoms with van der Waals surface area (Å²) in [6, 6.07) is 16.5. The summed E-state index contributed by atoms with van der Waals surface area (Å²) >= 11 is 1.41. The lowest BCUT2D eigenvalue weighted by molar-refractivity contribution is 0.0386. The number of nitrogens with zero attached hydrogens (tertiary/aromatic N) is 3. The van der Waals surface area contributed by atoms with Gasteiger partial charge in [-0.2, -0.15) is 0 Å². The average molecular weight is 399 g/mol. The van der Waals surface area contributed by atoms with Gasteiger partial charge in [0.2, 0.25) is 5.16 Å². The molecule has 2 aromatic carbocycles. The summed E-state index contributed by atoms with van der Waals surface area (Å²) in [6.07, 6.45) is 1.61. The second-order valence-electron chi connectivity index (χ2n) is 6.85. The van der Waals surface area contributed by atoms with Gasteiger partial charge in [0, 0.05) is 17.2 Å². The molecule has 28 heavy (non-hydrogen) atoms. The van der Waals surface area contributed by atoms with E-state index in [1.165, 1.54) is 17.8 Å². The van der Waals surface area contributed by atoms with Crippen molar-refractivity contribution < 1.29 is 14.2 Å². The van der Waals surface area contributed by atoms with Crippen LogP contribution in [-0.2, 0) is 11.3 Å². The number of para-hydroxylation sites is 1. The number of hydrogen-bond donors (Lipinski definition) is 1. The van der Waals surface area contributed by atoms with Crippen LogP contribution in [0.3, 0.4) is 0 Å². The molecular formula is C21H22FN3O2S. The van der Waals surface area contributed by atoms with Crippen molar-refractivity contribution in [3.8, 4) is 5.69 Å². The molecule has 3 aromatic rings. The van der Waals surface area contributed by atoms with Crippen LogP contribution in [0.25, 0.3) is 5.69 Å². The summed E-state index contributed by atoms with van der Waals surface area (Å²) in [5.41, 5.74) is 1.48. The number of hydrogen-bond acceptors (Lipinski definition) is 5. The number of aromatic nitrogens is 3. The van der Waals surface area contributed by atoms with Gasteiger partial charge in [-0.05, 0) is 31.0 Å². The number of benzene rings is 2. The third kappa shape index (κ3) is 4.79. The van der Waals surface area contributed by atoms with Gasteiger partial charge in [-0.1, -0.05) is 48.2 Å². The first-order valence-electron chi connectivity index (χ1n) is 9.35. The van der Waals surface area contributed by atoms with Crippen molar-refractivity contribution in [2.75, 3.05) is 12.4 Å². The molecule has 146 valence electrons. The van der Waals surface area contributed by atoms with E-state index in [1.807, 2.05) is 35.0 Å². The van der Waals surface area contributed by atoms with Gasteiger partial charge in [-0.25, -0.2) is 14.1 Å². The highest BCUT2D eigenvalue weighted by atomic mass is 32.2. The van der Waals surface area contributed by atoms with E-state index in [0.717, 1.165) is 24.4 Å². The van der Waals surface area contributed by atoms with Crippen LogP contribution in [0.4, 0.5) is 4.39 Å². The third-order valence-electron chi connectivity index (χ3n) is 4.49. The average Bonchev–Trinajstić information content (AvgIpc) is 3.48. The van der Waals surface area contributed by atoms with Gasteiger partial charge in [0.25, 0.3) is 0 Å². The molecule has 5 nitrogen and oxygen atoms in total. The van der Waals surface area contributed by atoms with Crippen LogP contribution in [0.15, 0.2) is 59.8 Å². The Kier molecular flexibility index (Phi) is 6.04. The molecule has 1 saturated carbocycles. The smallest absolute Gasteiger partial charge is 0.209 e. The van der Waals surface area contributed by atoms with Crippen LogP contribution in [-0.4, -0.2) is 38.3 Å². The topological polar surface area (TPSA) is 60.2 Å². The molecule has 0 aliphatic heterocycles. The maximum atomic E-state index is 13.6. The van der Waals surface area contributed by atoms with Crippen LogP contribution >= 0.6 is 11.8 Å². The van der Waals surface area contributed by atoms with Gasteiger partial charge >= 0.3 is 0 Å². The Labute approximate surface area is 167 Å². The first-order chi connectivity index (χ1) is 13.7. The molecule has 0 amide bonds. The highest BCUT2D eigenvalue weighted by Gasteiger charge is 2.30. The Morgan fingerprint density at radius 3 is 2.64 bits per heavy atom. The van der Waals surface area contributed by atoms with Crippen molar-refractivity contribution in [2.24, 2.45) is 0 Å². The molecule has 7 heteroatoms. The number of ether oxygens (including phenoxy) is 1. The Bertz CT molecular complexity index is 915. The second kappa shape index (κ2) is 8.86. The van der Waals surface area contributed by atoms with E-state index in [-0.39, 0.29) is 19.0 Å². The van der Waals surface area contributed by atoms with E-state index in [9.17, 15) is 9.50 Å². The van der Waals surface area contributed by atoms with Crippen molar-refractivity contribution in [1.82, 2.24) is 14.8 Å². The lowest BCUT2D eigenvalue weighted by Crippen LogP contribution is -2.18. The predicted molar refractivity (Wildman–Crippen MR) is 106 cm³/mol. The van der Waals surface area contributed by atoms with E-state index in [2.05, 4.69) is 10.1 Å². The van der Waals surface area contributed by atoms with Crippen molar-refractivity contribution in [1.29, 1.82) is 0 Å². The molecule has 0 bridgehead atoms. The Hall–Kier alpha value is -2.22. The monoisotopic (exact) mass is 399 g/mol. The van der Waals surface area contributed by atoms with Gasteiger partial charge in [0.15, 0.2) is 0 Å². The predicted octanol–water partition coefficient (Wildman–Crippen LogP) is 3.95. The Morgan fingerprint density at radius 2 is 1.89 bits per heavy atom.